The van der Waals surface area contributed by atoms with Gasteiger partial charge in [0.1, 0.15) is 11.9 Å². The molecular weight excluding hydrogens is 326 g/mol. The Morgan fingerprint density at radius 2 is 2.00 bits per heavy atom. The molecule has 2 aliphatic rings. The Morgan fingerprint density at radius 3 is 2.73 bits per heavy atom. The largest absolute Gasteiger partial charge is 0.489 e. The van der Waals surface area contributed by atoms with Crippen molar-refractivity contribution < 1.29 is 9.47 Å². The highest BCUT2D eigenvalue weighted by molar-refractivity contribution is 5.49. The third-order valence-corrected chi connectivity index (χ3v) is 5.10. The lowest BCUT2D eigenvalue weighted by Gasteiger charge is -2.19. The summed E-state index contributed by atoms with van der Waals surface area (Å²) < 4.78 is 12.0. The van der Waals surface area contributed by atoms with Gasteiger partial charge in [-0.2, -0.15) is 0 Å². The fourth-order valence-corrected chi connectivity index (χ4v) is 3.26. The van der Waals surface area contributed by atoms with Gasteiger partial charge in [-0.3, -0.25) is 0 Å². The molecule has 0 amide bonds. The zero-order chi connectivity index (χ0) is 17.9. The number of ether oxygens (including phenoxy) is 2. The zero-order valence-electron chi connectivity index (χ0n) is 15.3. The van der Waals surface area contributed by atoms with Crippen molar-refractivity contribution >= 4 is 5.69 Å². The lowest BCUT2D eigenvalue weighted by atomic mass is 10.1. The first kappa shape index (κ1) is 17.2. The third-order valence-electron chi connectivity index (χ3n) is 5.10. The van der Waals surface area contributed by atoms with E-state index in [1.54, 1.807) is 0 Å². The van der Waals surface area contributed by atoms with E-state index >= 15 is 0 Å². The number of hydrogen-bond donors (Lipinski definition) is 1. The van der Waals surface area contributed by atoms with E-state index in [-0.39, 0.29) is 12.1 Å². The number of aromatic nitrogens is 1. The summed E-state index contributed by atoms with van der Waals surface area (Å²) >= 11 is 0. The summed E-state index contributed by atoms with van der Waals surface area (Å²) in [6, 6.07) is 12.2. The van der Waals surface area contributed by atoms with Crippen LogP contribution in [0.1, 0.15) is 37.8 Å². The molecule has 1 aliphatic heterocycles. The minimum Gasteiger partial charge on any atom is -0.489 e. The molecule has 5 nitrogen and oxygen atoms in total. The second kappa shape index (κ2) is 7.54. The second-order valence-electron chi connectivity index (χ2n) is 7.44. The summed E-state index contributed by atoms with van der Waals surface area (Å²) in [7, 11) is 0. The van der Waals surface area contributed by atoms with E-state index in [0.717, 1.165) is 54.9 Å². The Balaban J connectivity index is 1.33. The van der Waals surface area contributed by atoms with Gasteiger partial charge in [-0.15, -0.1) is 0 Å². The minimum atomic E-state index is 0.0500. The maximum atomic E-state index is 6.15. The number of rotatable bonds is 7. The molecule has 26 heavy (non-hydrogen) atoms. The van der Waals surface area contributed by atoms with Crippen molar-refractivity contribution in [2.45, 2.75) is 38.3 Å². The Labute approximate surface area is 155 Å². The number of benzene rings is 1. The van der Waals surface area contributed by atoms with Crippen molar-refractivity contribution in [1.29, 1.82) is 0 Å². The molecule has 0 spiro atoms. The number of pyridine rings is 1. The van der Waals surface area contributed by atoms with Gasteiger partial charge in [-0.1, -0.05) is 12.1 Å². The first-order valence-corrected chi connectivity index (χ1v) is 9.53. The molecule has 2 fully saturated rings. The van der Waals surface area contributed by atoms with Crippen LogP contribution < -0.4 is 20.1 Å². The van der Waals surface area contributed by atoms with Gasteiger partial charge in [-0.05, 0) is 49.4 Å². The van der Waals surface area contributed by atoms with Crippen LogP contribution in [-0.4, -0.2) is 30.8 Å². The molecule has 2 atom stereocenters. The number of hydrogen-bond acceptors (Lipinski definition) is 5. The summed E-state index contributed by atoms with van der Waals surface area (Å²) in [4.78, 5) is 6.67. The predicted molar refractivity (Wildman–Crippen MR) is 103 cm³/mol. The van der Waals surface area contributed by atoms with Gasteiger partial charge < -0.3 is 20.1 Å². The molecule has 0 bridgehead atoms. The molecule has 5 heteroatoms. The van der Waals surface area contributed by atoms with Crippen LogP contribution in [0.15, 0.2) is 42.6 Å². The topological polar surface area (TPSA) is 60.6 Å². The van der Waals surface area contributed by atoms with Gasteiger partial charge >= 0.3 is 0 Å². The van der Waals surface area contributed by atoms with Gasteiger partial charge in [0.25, 0.3) is 0 Å². The summed E-state index contributed by atoms with van der Waals surface area (Å²) in [6.07, 6.45) is 5.61. The molecule has 4 rings (SSSR count). The van der Waals surface area contributed by atoms with Gasteiger partial charge in [0.05, 0.1) is 13.2 Å². The van der Waals surface area contributed by atoms with E-state index in [1.165, 1.54) is 12.8 Å². The molecule has 0 radical (unpaired) electrons. The van der Waals surface area contributed by atoms with Crippen LogP contribution in [0.3, 0.4) is 0 Å². The molecular formula is C21H27N3O2. The van der Waals surface area contributed by atoms with E-state index in [2.05, 4.69) is 9.88 Å². The average Bonchev–Trinajstić information content (AvgIpc) is 3.38. The number of anilines is 1. The molecule has 1 aliphatic carbocycles. The molecule has 2 heterocycles. The van der Waals surface area contributed by atoms with E-state index in [1.807, 2.05) is 49.5 Å². The highest BCUT2D eigenvalue weighted by Gasteiger charge is 2.25. The fourth-order valence-electron chi connectivity index (χ4n) is 3.26. The number of nitrogens with two attached hydrogens (primary N) is 1. The molecule has 0 unspecified atom stereocenters. The van der Waals surface area contributed by atoms with Crippen molar-refractivity contribution in [2.75, 3.05) is 24.6 Å². The van der Waals surface area contributed by atoms with E-state index in [4.69, 9.17) is 15.2 Å². The van der Waals surface area contributed by atoms with Crippen molar-refractivity contribution in [3.63, 3.8) is 0 Å². The van der Waals surface area contributed by atoms with Crippen LogP contribution >= 0.6 is 0 Å². The van der Waals surface area contributed by atoms with E-state index < -0.39 is 0 Å². The first-order chi connectivity index (χ1) is 12.7. The van der Waals surface area contributed by atoms with E-state index in [0.29, 0.717) is 0 Å². The Morgan fingerprint density at radius 1 is 1.19 bits per heavy atom. The minimum absolute atomic E-state index is 0.0500. The van der Waals surface area contributed by atoms with Crippen molar-refractivity contribution in [2.24, 2.45) is 11.7 Å². The summed E-state index contributed by atoms with van der Waals surface area (Å²) in [5, 5.41) is 0. The van der Waals surface area contributed by atoms with Crippen LogP contribution in [0, 0.1) is 5.92 Å². The van der Waals surface area contributed by atoms with Crippen molar-refractivity contribution in [3.05, 3.63) is 48.2 Å². The zero-order valence-corrected chi connectivity index (χ0v) is 15.3. The smallest absolute Gasteiger partial charge is 0.215 e. The standard InChI is InChI=1S/C21H27N3O2/c1-15(22)17-4-6-19(7-5-17)26-20-9-11-24(13-20)18-8-10-23-21(12-18)25-14-16-2-3-16/h4-8,10,12,15-16,20H,2-3,9,11,13-14,22H2,1H3/t15-,20+/m0/s1. The Kier molecular flexibility index (Phi) is 4.98. The van der Waals surface area contributed by atoms with Gasteiger partial charge in [0.15, 0.2) is 0 Å². The predicted octanol–water partition coefficient (Wildman–Crippen LogP) is 3.55. The summed E-state index contributed by atoms with van der Waals surface area (Å²) in [6.45, 7) is 4.64. The molecule has 1 aromatic carbocycles. The second-order valence-corrected chi connectivity index (χ2v) is 7.44. The number of nitrogens with zero attached hydrogens (tertiary/aromatic N) is 2. The maximum absolute atomic E-state index is 6.15. The summed E-state index contributed by atoms with van der Waals surface area (Å²) in [5.74, 6) is 2.37. The monoisotopic (exact) mass is 353 g/mol. The molecule has 1 saturated carbocycles. The van der Waals surface area contributed by atoms with Crippen molar-refractivity contribution in [1.82, 2.24) is 4.98 Å². The Bertz CT molecular complexity index is 728. The fraction of sp³-hybridized carbons (Fsp3) is 0.476. The van der Waals surface area contributed by atoms with Crippen LogP contribution in [0.25, 0.3) is 0 Å². The normalized spacial score (nSPS) is 20.8. The van der Waals surface area contributed by atoms with Crippen molar-refractivity contribution in [3.8, 4) is 11.6 Å². The van der Waals surface area contributed by atoms with Gasteiger partial charge in [-0.25, -0.2) is 4.98 Å². The van der Waals surface area contributed by atoms with E-state index in [9.17, 15) is 0 Å². The van der Waals surface area contributed by atoms with Gasteiger partial charge in [0, 0.05) is 37.0 Å². The highest BCUT2D eigenvalue weighted by atomic mass is 16.5. The SMILES string of the molecule is C[C@H](N)c1ccc(O[C@@H]2CCN(c3ccnc(OCC4CC4)c3)C2)cc1. The molecule has 1 aromatic heterocycles. The quantitative estimate of drug-likeness (QED) is 0.825. The van der Waals surface area contributed by atoms with Crippen LogP contribution in [0.4, 0.5) is 5.69 Å². The van der Waals surface area contributed by atoms with Crippen LogP contribution in [-0.2, 0) is 0 Å². The molecule has 2 aromatic rings. The third kappa shape index (κ3) is 4.28. The molecule has 1 saturated heterocycles. The van der Waals surface area contributed by atoms with Crippen LogP contribution in [0.2, 0.25) is 0 Å². The first-order valence-electron chi connectivity index (χ1n) is 9.53. The highest BCUT2D eigenvalue weighted by Crippen LogP contribution is 2.30. The average molecular weight is 353 g/mol. The maximum Gasteiger partial charge on any atom is 0.215 e. The summed E-state index contributed by atoms with van der Waals surface area (Å²) in [5.41, 5.74) is 8.18. The Hall–Kier alpha value is -2.27. The van der Waals surface area contributed by atoms with Crippen LogP contribution in [0.5, 0.6) is 11.6 Å². The lowest BCUT2D eigenvalue weighted by Crippen LogP contribution is -2.24. The van der Waals surface area contributed by atoms with Gasteiger partial charge in [0.2, 0.25) is 5.88 Å². The lowest BCUT2D eigenvalue weighted by molar-refractivity contribution is 0.225. The molecule has 2 N–H and O–H groups in total. The molecule has 138 valence electrons.